The van der Waals surface area contributed by atoms with E-state index in [9.17, 15) is 4.79 Å². The predicted octanol–water partition coefficient (Wildman–Crippen LogP) is 3.75. The third kappa shape index (κ3) is 5.01. The smallest absolute Gasteiger partial charge is 0.228 e. The summed E-state index contributed by atoms with van der Waals surface area (Å²) in [6, 6.07) is 0.653. The highest BCUT2D eigenvalue weighted by Crippen LogP contribution is 2.57. The van der Waals surface area contributed by atoms with Crippen LogP contribution in [0.5, 0.6) is 0 Å². The van der Waals surface area contributed by atoms with Crippen LogP contribution in [0.1, 0.15) is 39.5 Å². The van der Waals surface area contributed by atoms with Gasteiger partial charge in [-0.05, 0) is 31.9 Å². The highest BCUT2D eigenvalue weighted by molar-refractivity contribution is 14.1. The molecule has 0 aromatic rings. The maximum Gasteiger partial charge on any atom is 0.228 e. The molecule has 1 amide bonds. The Morgan fingerprint density at radius 3 is 2.90 bits per heavy atom. The first-order valence-corrected chi connectivity index (χ1v) is 13.3. The van der Waals surface area contributed by atoms with Crippen LogP contribution in [-0.4, -0.2) is 65.6 Å². The minimum Gasteiger partial charge on any atom is -0.346 e. The molecule has 172 valence electrons. The number of hydrogen-bond donors (Lipinski definition) is 1. The standard InChI is InChI=1S/C21H32IN4O4P/c1-13(2)20(27)24-18-9-10-26(14(3)23-18)21-19(17(29-21)11-28-22)30-31-12-15-7-5-6-8-16(15)25(31)4/h9-10,13,15-17,19,21H,3,5-8,11-12H2,1-2,4H3,(H,23,24,27). The molecule has 1 N–H and O–H groups in total. The van der Waals surface area contributed by atoms with Crippen LogP contribution in [-0.2, 0) is 17.1 Å². The molecule has 3 heterocycles. The van der Waals surface area contributed by atoms with E-state index in [2.05, 4.69) is 28.6 Å². The predicted molar refractivity (Wildman–Crippen MR) is 129 cm³/mol. The topological polar surface area (TPSA) is 75.6 Å². The van der Waals surface area contributed by atoms with Gasteiger partial charge in [0.2, 0.25) is 5.91 Å². The Hall–Kier alpha value is -0.580. The minimum atomic E-state index is -0.656. The van der Waals surface area contributed by atoms with Gasteiger partial charge in [0, 0.05) is 24.3 Å². The van der Waals surface area contributed by atoms with Crippen LogP contribution in [0.25, 0.3) is 0 Å². The summed E-state index contributed by atoms with van der Waals surface area (Å²) in [5, 5.41) is 2.82. The number of carbonyl (C=O) groups is 1. The van der Waals surface area contributed by atoms with E-state index in [0.29, 0.717) is 24.3 Å². The molecule has 3 aliphatic heterocycles. The molecule has 10 heteroatoms. The summed E-state index contributed by atoms with van der Waals surface area (Å²) in [5.74, 6) is 1.59. The summed E-state index contributed by atoms with van der Waals surface area (Å²) < 4.78 is 20.6. The van der Waals surface area contributed by atoms with Crippen molar-refractivity contribution in [2.24, 2.45) is 16.8 Å². The van der Waals surface area contributed by atoms with Gasteiger partial charge in [0.05, 0.1) is 6.61 Å². The first-order chi connectivity index (χ1) is 14.9. The Balaban J connectivity index is 1.41. The first-order valence-electron chi connectivity index (χ1n) is 11.0. The molecule has 8 nitrogen and oxygen atoms in total. The van der Waals surface area contributed by atoms with Crippen LogP contribution < -0.4 is 5.32 Å². The zero-order valence-corrected chi connectivity index (χ0v) is 21.4. The van der Waals surface area contributed by atoms with Gasteiger partial charge in [0.25, 0.3) is 0 Å². The second kappa shape index (κ2) is 10.1. The summed E-state index contributed by atoms with van der Waals surface area (Å²) >= 11 is 1.90. The van der Waals surface area contributed by atoms with E-state index in [1.165, 1.54) is 25.7 Å². The lowest BCUT2D eigenvalue weighted by molar-refractivity contribution is -0.255. The molecule has 2 saturated heterocycles. The first kappa shape index (κ1) is 23.6. The molecule has 6 unspecified atom stereocenters. The molecule has 4 rings (SSSR count). The zero-order valence-electron chi connectivity index (χ0n) is 18.4. The van der Waals surface area contributed by atoms with Crippen molar-refractivity contribution in [3.05, 3.63) is 24.7 Å². The third-order valence-corrected chi connectivity index (χ3v) is 9.14. The van der Waals surface area contributed by atoms with Gasteiger partial charge in [-0.3, -0.25) is 9.46 Å². The molecule has 4 aliphatic rings. The lowest BCUT2D eigenvalue weighted by Crippen LogP contribution is -2.62. The molecule has 0 bridgehead atoms. The number of carbonyl (C=O) groups excluding carboxylic acids is 1. The van der Waals surface area contributed by atoms with Crippen LogP contribution >= 0.6 is 31.3 Å². The number of aliphatic imine (C=N–C) groups is 1. The lowest BCUT2D eigenvalue weighted by atomic mass is 9.86. The highest BCUT2D eigenvalue weighted by Gasteiger charge is 2.51. The van der Waals surface area contributed by atoms with Crippen molar-refractivity contribution < 1.29 is 17.1 Å². The molecule has 0 aromatic heterocycles. The molecule has 1 aliphatic carbocycles. The number of amides is 1. The maximum absolute atomic E-state index is 12.0. The summed E-state index contributed by atoms with van der Waals surface area (Å²) in [7, 11) is 1.56. The van der Waals surface area contributed by atoms with Gasteiger partial charge in [0.15, 0.2) is 6.23 Å². The highest BCUT2D eigenvalue weighted by atomic mass is 127. The van der Waals surface area contributed by atoms with E-state index < -0.39 is 8.30 Å². The second-order valence-corrected chi connectivity index (χ2v) is 11.4. The number of fused-ring (bicyclic) bond motifs is 1. The lowest BCUT2D eigenvalue weighted by Gasteiger charge is -2.49. The van der Waals surface area contributed by atoms with E-state index in [4.69, 9.17) is 12.3 Å². The average molecular weight is 562 g/mol. The van der Waals surface area contributed by atoms with Gasteiger partial charge < -0.3 is 22.5 Å². The number of amidine groups is 1. The zero-order chi connectivity index (χ0) is 22.1. The monoisotopic (exact) mass is 562 g/mol. The summed E-state index contributed by atoms with van der Waals surface area (Å²) in [6.07, 6.45) is 9.48. The molecule has 0 aromatic carbocycles. The third-order valence-electron chi connectivity index (χ3n) is 6.51. The molecule has 3 fully saturated rings. The number of rotatable bonds is 6. The molecule has 6 atom stereocenters. The van der Waals surface area contributed by atoms with E-state index in [1.54, 1.807) is 6.08 Å². The number of halogens is 1. The fourth-order valence-corrected chi connectivity index (χ4v) is 7.49. The minimum absolute atomic E-state index is 0.0708. The largest absolute Gasteiger partial charge is 0.346 e. The van der Waals surface area contributed by atoms with Gasteiger partial charge in [0.1, 0.15) is 55.2 Å². The van der Waals surface area contributed by atoms with Crippen molar-refractivity contribution in [2.45, 2.75) is 64.0 Å². The number of nitrogens with one attached hydrogen (secondary N) is 1. The normalized spacial score (nSPS) is 35.7. The van der Waals surface area contributed by atoms with Crippen molar-refractivity contribution in [3.63, 3.8) is 0 Å². The Bertz CT molecular complexity index is 764. The van der Waals surface area contributed by atoms with Crippen molar-refractivity contribution in [1.29, 1.82) is 0 Å². The van der Waals surface area contributed by atoms with Gasteiger partial charge >= 0.3 is 0 Å². The molecule has 0 radical (unpaired) electrons. The average Bonchev–Trinajstić information content (AvgIpc) is 3.06. The van der Waals surface area contributed by atoms with E-state index >= 15 is 0 Å². The number of ether oxygens (including phenoxy) is 1. The van der Waals surface area contributed by atoms with Gasteiger partial charge in [-0.25, -0.2) is 4.99 Å². The van der Waals surface area contributed by atoms with Crippen LogP contribution in [0.2, 0.25) is 0 Å². The Morgan fingerprint density at radius 2 is 2.23 bits per heavy atom. The van der Waals surface area contributed by atoms with Gasteiger partial charge in [-0.2, -0.15) is 0 Å². The molecular weight excluding hydrogens is 530 g/mol. The Morgan fingerprint density at radius 1 is 1.45 bits per heavy atom. The van der Waals surface area contributed by atoms with Crippen molar-refractivity contribution in [2.75, 3.05) is 19.8 Å². The van der Waals surface area contributed by atoms with E-state index in [1.807, 2.05) is 48.0 Å². The van der Waals surface area contributed by atoms with Crippen molar-refractivity contribution >= 4 is 43.0 Å². The summed E-state index contributed by atoms with van der Waals surface area (Å²) in [6.45, 7) is 8.25. The molecule has 0 spiro atoms. The Kier molecular flexibility index (Phi) is 7.71. The van der Waals surface area contributed by atoms with Crippen LogP contribution in [0.3, 0.4) is 0 Å². The Labute approximate surface area is 200 Å². The van der Waals surface area contributed by atoms with Crippen molar-refractivity contribution in [3.8, 4) is 0 Å². The second-order valence-electron chi connectivity index (χ2n) is 8.91. The van der Waals surface area contributed by atoms with Crippen LogP contribution in [0.4, 0.5) is 0 Å². The SMILES string of the molecule is C=C1N=C(NC(=O)C(C)C)C=CN1C1OC(COI)C1OP1CC2CCCCC2N1C. The maximum atomic E-state index is 12.0. The molecule has 31 heavy (non-hydrogen) atoms. The quantitative estimate of drug-likeness (QED) is 0.393. The fraction of sp³-hybridized carbons (Fsp3) is 0.714. The number of nitrogens with zero attached hydrogens (tertiary/aromatic N) is 3. The molecule has 1 saturated carbocycles. The van der Waals surface area contributed by atoms with Gasteiger partial charge in [-0.15, -0.1) is 0 Å². The van der Waals surface area contributed by atoms with Crippen LogP contribution in [0, 0.1) is 11.8 Å². The van der Waals surface area contributed by atoms with E-state index in [0.717, 1.165) is 12.1 Å². The van der Waals surface area contributed by atoms with Crippen LogP contribution in [0.15, 0.2) is 29.7 Å². The van der Waals surface area contributed by atoms with Gasteiger partial charge in [-0.1, -0.05) is 33.3 Å². The summed E-state index contributed by atoms with van der Waals surface area (Å²) in [4.78, 5) is 18.3. The number of hydrogen-bond acceptors (Lipinski definition) is 7. The fourth-order valence-electron chi connectivity index (χ4n) is 4.66. The summed E-state index contributed by atoms with van der Waals surface area (Å²) in [5.41, 5.74) is 0. The van der Waals surface area contributed by atoms with Crippen molar-refractivity contribution in [1.82, 2.24) is 14.9 Å². The molecular formula is C21H32IN4O4P. The van der Waals surface area contributed by atoms with E-state index in [-0.39, 0.29) is 30.3 Å².